The zero-order valence-electron chi connectivity index (χ0n) is 8.33. The van der Waals surface area contributed by atoms with E-state index in [0.717, 1.165) is 11.3 Å². The molecule has 0 aromatic carbocycles. The summed E-state index contributed by atoms with van der Waals surface area (Å²) in [6.07, 6.45) is 1.68. The summed E-state index contributed by atoms with van der Waals surface area (Å²) in [5, 5.41) is 15.8. The third kappa shape index (κ3) is 2.08. The van der Waals surface area contributed by atoms with Gasteiger partial charge >= 0.3 is 0 Å². The van der Waals surface area contributed by atoms with Gasteiger partial charge in [0.05, 0.1) is 18.8 Å². The van der Waals surface area contributed by atoms with Crippen LogP contribution >= 0.6 is 0 Å². The Morgan fingerprint density at radius 3 is 2.69 bits per heavy atom. The highest BCUT2D eigenvalue weighted by molar-refractivity contribution is 5.26. The molecule has 13 heavy (non-hydrogen) atoms. The third-order valence-electron chi connectivity index (χ3n) is 2.01. The quantitative estimate of drug-likeness (QED) is 0.631. The minimum Gasteiger partial charge on any atom is -0.394 e. The van der Waals surface area contributed by atoms with Gasteiger partial charge in [0.2, 0.25) is 0 Å². The van der Waals surface area contributed by atoms with Gasteiger partial charge in [-0.3, -0.25) is 5.10 Å². The van der Waals surface area contributed by atoms with Gasteiger partial charge in [0.25, 0.3) is 0 Å². The van der Waals surface area contributed by atoms with Crippen molar-refractivity contribution in [3.05, 3.63) is 17.5 Å². The Kier molecular flexibility index (Phi) is 2.73. The topological polar surface area (TPSA) is 74.9 Å². The first-order valence-corrected chi connectivity index (χ1v) is 4.37. The minimum absolute atomic E-state index is 0.0153. The van der Waals surface area contributed by atoms with Crippen molar-refractivity contribution in [2.45, 2.75) is 32.2 Å². The molecule has 0 aliphatic rings. The number of nitrogens with zero attached hydrogens (tertiary/aromatic N) is 1. The second-order valence-corrected chi connectivity index (χ2v) is 4.24. The van der Waals surface area contributed by atoms with E-state index in [2.05, 4.69) is 31.0 Å². The van der Waals surface area contributed by atoms with Crippen molar-refractivity contribution in [3.8, 4) is 0 Å². The van der Waals surface area contributed by atoms with Gasteiger partial charge in [-0.25, -0.2) is 0 Å². The molecule has 0 amide bonds. The number of aromatic nitrogens is 2. The summed E-state index contributed by atoms with van der Waals surface area (Å²) in [4.78, 5) is 0. The van der Waals surface area contributed by atoms with Gasteiger partial charge in [0.1, 0.15) is 0 Å². The van der Waals surface area contributed by atoms with E-state index >= 15 is 0 Å². The predicted molar refractivity (Wildman–Crippen MR) is 51.3 cm³/mol. The number of nitrogens with two attached hydrogens (primary N) is 1. The fourth-order valence-corrected chi connectivity index (χ4v) is 1.28. The molecule has 4 N–H and O–H groups in total. The van der Waals surface area contributed by atoms with Gasteiger partial charge < -0.3 is 10.8 Å². The maximum absolute atomic E-state index is 8.93. The number of hydrogen-bond acceptors (Lipinski definition) is 3. The van der Waals surface area contributed by atoms with Gasteiger partial charge in [-0.1, -0.05) is 20.8 Å². The maximum Gasteiger partial charge on any atom is 0.0625 e. The lowest BCUT2D eigenvalue weighted by Crippen LogP contribution is -2.21. The van der Waals surface area contributed by atoms with Crippen molar-refractivity contribution < 1.29 is 5.11 Å². The summed E-state index contributed by atoms with van der Waals surface area (Å²) in [5.74, 6) is 0. The summed E-state index contributed by atoms with van der Waals surface area (Å²) >= 11 is 0. The van der Waals surface area contributed by atoms with E-state index in [-0.39, 0.29) is 18.1 Å². The highest BCUT2D eigenvalue weighted by Crippen LogP contribution is 2.26. The Labute approximate surface area is 78.2 Å². The monoisotopic (exact) mass is 183 g/mol. The zero-order chi connectivity index (χ0) is 10.1. The molecule has 0 saturated carbocycles. The number of nitrogens with one attached hydrogen (secondary N) is 1. The van der Waals surface area contributed by atoms with Crippen molar-refractivity contribution >= 4 is 0 Å². The molecule has 74 valence electrons. The molecule has 0 aliphatic heterocycles. The molecule has 4 nitrogen and oxygen atoms in total. The number of aliphatic hydroxyl groups is 1. The summed E-state index contributed by atoms with van der Waals surface area (Å²) in [6, 6.07) is -0.340. The summed E-state index contributed by atoms with van der Waals surface area (Å²) < 4.78 is 0. The largest absolute Gasteiger partial charge is 0.394 e. The first kappa shape index (κ1) is 10.2. The Morgan fingerprint density at radius 2 is 2.23 bits per heavy atom. The Bertz CT molecular complexity index is 275. The molecule has 0 aliphatic carbocycles. The van der Waals surface area contributed by atoms with Gasteiger partial charge in [-0.15, -0.1) is 0 Å². The Morgan fingerprint density at radius 1 is 1.62 bits per heavy atom. The molecule has 0 unspecified atom stereocenters. The van der Waals surface area contributed by atoms with E-state index in [1.165, 1.54) is 0 Å². The third-order valence-corrected chi connectivity index (χ3v) is 2.01. The van der Waals surface area contributed by atoms with Crippen molar-refractivity contribution in [2.24, 2.45) is 5.73 Å². The number of rotatable bonds is 2. The lowest BCUT2D eigenvalue weighted by molar-refractivity contribution is 0.266. The van der Waals surface area contributed by atoms with Crippen LogP contribution in [0.1, 0.15) is 38.1 Å². The molecular formula is C9H17N3O. The number of aliphatic hydroxyl groups excluding tert-OH is 1. The van der Waals surface area contributed by atoms with Gasteiger partial charge in [-0.05, 0) is 0 Å². The Balaban J connectivity index is 3.03. The SMILES string of the molecule is CC(C)(C)c1[nH]ncc1[C@@H](N)CO. The molecule has 0 bridgehead atoms. The van der Waals surface area contributed by atoms with Crippen LogP contribution in [0.5, 0.6) is 0 Å². The highest BCUT2D eigenvalue weighted by Gasteiger charge is 2.22. The Hall–Kier alpha value is -0.870. The summed E-state index contributed by atoms with van der Waals surface area (Å²) in [6.45, 7) is 6.18. The number of aromatic amines is 1. The summed E-state index contributed by atoms with van der Waals surface area (Å²) in [5.41, 5.74) is 7.60. The molecule has 0 fully saturated rings. The number of H-pyrrole nitrogens is 1. The smallest absolute Gasteiger partial charge is 0.0625 e. The molecule has 0 spiro atoms. The second-order valence-electron chi connectivity index (χ2n) is 4.24. The van der Waals surface area contributed by atoms with E-state index in [0.29, 0.717) is 0 Å². The molecule has 1 heterocycles. The lowest BCUT2D eigenvalue weighted by Gasteiger charge is -2.20. The van der Waals surface area contributed by atoms with E-state index in [9.17, 15) is 0 Å². The van der Waals surface area contributed by atoms with Crippen LogP contribution in [0.15, 0.2) is 6.20 Å². The fraction of sp³-hybridized carbons (Fsp3) is 0.667. The predicted octanol–water partition coefficient (Wildman–Crippen LogP) is 0.699. The maximum atomic E-state index is 8.93. The van der Waals surface area contributed by atoms with Crippen LogP contribution in [0.2, 0.25) is 0 Å². The summed E-state index contributed by atoms with van der Waals surface area (Å²) in [7, 11) is 0. The second kappa shape index (κ2) is 3.47. The van der Waals surface area contributed by atoms with Gasteiger partial charge in [0, 0.05) is 16.7 Å². The van der Waals surface area contributed by atoms with Gasteiger partial charge in [-0.2, -0.15) is 5.10 Å². The number of hydrogen-bond donors (Lipinski definition) is 3. The first-order chi connectivity index (χ1) is 5.96. The normalized spacial score (nSPS) is 14.5. The van der Waals surface area contributed by atoms with Crippen LogP contribution < -0.4 is 5.73 Å². The van der Waals surface area contributed by atoms with Crippen LogP contribution in [-0.4, -0.2) is 21.9 Å². The van der Waals surface area contributed by atoms with Crippen molar-refractivity contribution in [1.29, 1.82) is 0 Å². The fourth-order valence-electron chi connectivity index (χ4n) is 1.28. The van der Waals surface area contributed by atoms with Crippen molar-refractivity contribution in [2.75, 3.05) is 6.61 Å². The van der Waals surface area contributed by atoms with Gasteiger partial charge in [0.15, 0.2) is 0 Å². The standard InChI is InChI=1S/C9H17N3O/c1-9(2,3)8-6(4-11-12-8)7(10)5-13/h4,7,13H,5,10H2,1-3H3,(H,11,12)/t7-/m0/s1. The highest BCUT2D eigenvalue weighted by atomic mass is 16.3. The van der Waals surface area contributed by atoms with Crippen LogP contribution in [-0.2, 0) is 5.41 Å². The van der Waals surface area contributed by atoms with E-state index in [1.807, 2.05) is 0 Å². The van der Waals surface area contributed by atoms with Crippen LogP contribution in [0.25, 0.3) is 0 Å². The molecular weight excluding hydrogens is 166 g/mol. The van der Waals surface area contributed by atoms with E-state index in [4.69, 9.17) is 10.8 Å². The molecule has 0 radical (unpaired) electrons. The van der Waals surface area contributed by atoms with E-state index in [1.54, 1.807) is 6.20 Å². The molecule has 1 aromatic heterocycles. The van der Waals surface area contributed by atoms with Crippen LogP contribution in [0.3, 0.4) is 0 Å². The zero-order valence-corrected chi connectivity index (χ0v) is 8.33. The molecule has 1 atom stereocenters. The van der Waals surface area contributed by atoms with Crippen molar-refractivity contribution in [3.63, 3.8) is 0 Å². The molecule has 0 saturated heterocycles. The van der Waals surface area contributed by atoms with E-state index < -0.39 is 0 Å². The molecule has 4 heteroatoms. The van der Waals surface area contributed by atoms with Crippen LogP contribution in [0, 0.1) is 0 Å². The van der Waals surface area contributed by atoms with Crippen molar-refractivity contribution in [1.82, 2.24) is 10.2 Å². The average molecular weight is 183 g/mol. The van der Waals surface area contributed by atoms with Crippen LogP contribution in [0.4, 0.5) is 0 Å². The lowest BCUT2D eigenvalue weighted by atomic mass is 9.88. The average Bonchev–Trinajstić information content (AvgIpc) is 2.49. The minimum atomic E-state index is -0.340. The molecule has 1 rings (SSSR count). The molecule has 1 aromatic rings. The first-order valence-electron chi connectivity index (χ1n) is 4.37.